The molecule has 8 nitrogen and oxygen atoms in total. The molecule has 0 radical (unpaired) electrons. The summed E-state index contributed by atoms with van der Waals surface area (Å²) in [5.41, 5.74) is 1.79. The number of nitrogens with one attached hydrogen (secondary N) is 2. The zero-order valence-corrected chi connectivity index (χ0v) is 17.1. The van der Waals surface area contributed by atoms with Gasteiger partial charge in [0.15, 0.2) is 6.73 Å². The van der Waals surface area contributed by atoms with Crippen LogP contribution in [0, 0.1) is 0 Å². The third-order valence-corrected chi connectivity index (χ3v) is 4.48. The van der Waals surface area contributed by atoms with E-state index in [0.717, 1.165) is 0 Å². The van der Waals surface area contributed by atoms with Crippen LogP contribution in [0.2, 0.25) is 5.02 Å². The number of benzene rings is 2. The summed E-state index contributed by atoms with van der Waals surface area (Å²) in [7, 11) is 0. The van der Waals surface area contributed by atoms with Gasteiger partial charge in [-0.1, -0.05) is 17.7 Å². The van der Waals surface area contributed by atoms with E-state index < -0.39 is 12.5 Å². The molecule has 32 heavy (non-hydrogen) atoms. The molecule has 0 fully saturated rings. The number of hydrogen-bond donors (Lipinski definition) is 2. The highest BCUT2D eigenvalue weighted by molar-refractivity contribution is 6.30. The topological polar surface area (TPSA) is 94.1 Å². The molecule has 2 heterocycles. The lowest BCUT2D eigenvalue weighted by Crippen LogP contribution is -2.12. The number of anilines is 1. The largest absolute Gasteiger partial charge is 0.471 e. The summed E-state index contributed by atoms with van der Waals surface area (Å²) in [4.78, 5) is 12.5. The average molecular weight is 460 g/mol. The molecular formula is C21H16ClF2N5O3. The van der Waals surface area contributed by atoms with Crippen molar-refractivity contribution in [2.45, 2.75) is 13.3 Å². The molecule has 1 amide bonds. The van der Waals surface area contributed by atoms with Crippen LogP contribution in [0.5, 0.6) is 11.5 Å². The molecule has 2 N–H and O–H groups in total. The number of hydrogen-bond acceptors (Lipinski definition) is 5. The minimum absolute atomic E-state index is 0.0357. The van der Waals surface area contributed by atoms with Gasteiger partial charge in [-0.2, -0.15) is 19.0 Å². The molecule has 164 valence electrons. The maximum Gasteiger partial charge on any atom is 0.387 e. The lowest BCUT2D eigenvalue weighted by molar-refractivity contribution is -0.0498. The third-order valence-electron chi connectivity index (χ3n) is 4.25. The van der Waals surface area contributed by atoms with Crippen LogP contribution in [0.4, 0.5) is 14.5 Å². The Hall–Kier alpha value is -3.92. The average Bonchev–Trinajstić information content (AvgIpc) is 3.42. The van der Waals surface area contributed by atoms with E-state index in [9.17, 15) is 13.6 Å². The number of alkyl halides is 2. The van der Waals surface area contributed by atoms with Crippen LogP contribution in [0.1, 0.15) is 10.5 Å². The highest BCUT2D eigenvalue weighted by atomic mass is 35.5. The summed E-state index contributed by atoms with van der Waals surface area (Å²) >= 11 is 5.92. The Kier molecular flexibility index (Phi) is 6.31. The summed E-state index contributed by atoms with van der Waals surface area (Å²) in [5.74, 6) is 0.211. The molecule has 0 bridgehead atoms. The van der Waals surface area contributed by atoms with Crippen LogP contribution in [-0.2, 0) is 6.73 Å². The van der Waals surface area contributed by atoms with E-state index in [1.165, 1.54) is 23.0 Å². The second-order valence-electron chi connectivity index (χ2n) is 6.52. The molecule has 0 saturated carbocycles. The van der Waals surface area contributed by atoms with E-state index in [2.05, 4.69) is 25.3 Å². The highest BCUT2D eigenvalue weighted by Gasteiger charge is 2.13. The van der Waals surface area contributed by atoms with Crippen molar-refractivity contribution in [1.82, 2.24) is 20.0 Å². The van der Waals surface area contributed by atoms with E-state index in [1.807, 2.05) is 0 Å². The molecule has 0 atom stereocenters. The molecule has 4 rings (SSSR count). The number of rotatable bonds is 8. The van der Waals surface area contributed by atoms with E-state index >= 15 is 0 Å². The molecule has 0 aliphatic heterocycles. The van der Waals surface area contributed by atoms with Crippen molar-refractivity contribution < 1.29 is 23.0 Å². The SMILES string of the molecule is O=C(Nc1cnn(COc2cccc(Cl)c2)c1)c1cc(-c2ccc(OC(F)F)cc2)n[nH]1. The summed E-state index contributed by atoms with van der Waals surface area (Å²) in [6, 6.07) is 14.5. The first kappa shape index (κ1) is 21.3. The lowest BCUT2D eigenvalue weighted by atomic mass is 10.1. The van der Waals surface area contributed by atoms with E-state index in [1.54, 1.807) is 48.7 Å². The van der Waals surface area contributed by atoms with Crippen LogP contribution >= 0.6 is 11.6 Å². The minimum Gasteiger partial charge on any atom is -0.471 e. The van der Waals surface area contributed by atoms with Crippen molar-refractivity contribution in [3.05, 3.63) is 77.7 Å². The molecule has 0 unspecified atom stereocenters. The molecule has 11 heteroatoms. The quantitative estimate of drug-likeness (QED) is 0.394. The van der Waals surface area contributed by atoms with Gasteiger partial charge in [-0.05, 0) is 48.5 Å². The Labute approximate surface area is 185 Å². The van der Waals surface area contributed by atoms with Crippen LogP contribution < -0.4 is 14.8 Å². The monoisotopic (exact) mass is 459 g/mol. The smallest absolute Gasteiger partial charge is 0.387 e. The number of ether oxygens (including phenoxy) is 2. The van der Waals surface area contributed by atoms with Gasteiger partial charge < -0.3 is 14.8 Å². The predicted octanol–water partition coefficient (Wildman–Crippen LogP) is 4.82. The van der Waals surface area contributed by atoms with Crippen molar-refractivity contribution in [3.63, 3.8) is 0 Å². The minimum atomic E-state index is -2.89. The maximum atomic E-state index is 12.5. The summed E-state index contributed by atoms with van der Waals surface area (Å²) < 4.78 is 35.9. The van der Waals surface area contributed by atoms with Crippen molar-refractivity contribution in [2.75, 3.05) is 5.32 Å². The van der Waals surface area contributed by atoms with Crippen molar-refractivity contribution >= 4 is 23.2 Å². The Bertz CT molecular complexity index is 1210. The van der Waals surface area contributed by atoms with Crippen LogP contribution in [-0.4, -0.2) is 32.5 Å². The standard InChI is InChI=1S/C21H16ClF2N5O3/c22-14-2-1-3-17(8-14)31-12-29-11-15(10-25-29)26-20(30)19-9-18(27-28-19)13-4-6-16(7-5-13)32-21(23)24/h1-11,21H,12H2,(H,26,30)(H,27,28). The number of carbonyl (C=O) groups excluding carboxylic acids is 1. The van der Waals surface area contributed by atoms with Gasteiger partial charge >= 0.3 is 6.61 Å². The normalized spacial score (nSPS) is 10.9. The molecule has 2 aromatic heterocycles. The van der Waals surface area contributed by atoms with Crippen molar-refractivity contribution in [1.29, 1.82) is 0 Å². The van der Waals surface area contributed by atoms with Crippen LogP contribution in [0.3, 0.4) is 0 Å². The maximum absolute atomic E-state index is 12.5. The van der Waals surface area contributed by atoms with Crippen molar-refractivity contribution in [3.8, 4) is 22.8 Å². The summed E-state index contributed by atoms with van der Waals surface area (Å²) in [6.07, 6.45) is 3.10. The number of amides is 1. The molecular weight excluding hydrogens is 444 g/mol. The van der Waals surface area contributed by atoms with Gasteiger partial charge in [-0.15, -0.1) is 0 Å². The molecule has 4 aromatic rings. The second-order valence-corrected chi connectivity index (χ2v) is 6.96. The third kappa shape index (κ3) is 5.41. The van der Waals surface area contributed by atoms with Gasteiger partial charge in [0.25, 0.3) is 5.91 Å². The van der Waals surface area contributed by atoms with Gasteiger partial charge in [-0.3, -0.25) is 9.89 Å². The zero-order valence-electron chi connectivity index (χ0n) is 16.3. The molecule has 2 aromatic carbocycles. The molecule has 0 aliphatic rings. The van der Waals surface area contributed by atoms with Crippen LogP contribution in [0.25, 0.3) is 11.3 Å². The number of aromatic amines is 1. The fourth-order valence-corrected chi connectivity index (χ4v) is 2.97. The van der Waals surface area contributed by atoms with Gasteiger partial charge in [0.1, 0.15) is 17.2 Å². The first-order chi connectivity index (χ1) is 15.5. The zero-order chi connectivity index (χ0) is 22.5. The van der Waals surface area contributed by atoms with E-state index in [-0.39, 0.29) is 18.2 Å². The number of H-pyrrole nitrogens is 1. The first-order valence-electron chi connectivity index (χ1n) is 9.29. The van der Waals surface area contributed by atoms with E-state index in [4.69, 9.17) is 16.3 Å². The number of aromatic nitrogens is 4. The first-order valence-corrected chi connectivity index (χ1v) is 9.67. The van der Waals surface area contributed by atoms with Crippen LogP contribution in [0.15, 0.2) is 67.0 Å². The number of nitrogens with zero attached hydrogens (tertiary/aromatic N) is 3. The Balaban J connectivity index is 1.35. The fourth-order valence-electron chi connectivity index (χ4n) is 2.79. The van der Waals surface area contributed by atoms with Gasteiger partial charge in [0, 0.05) is 10.6 Å². The van der Waals surface area contributed by atoms with Gasteiger partial charge in [0.05, 0.1) is 23.8 Å². The molecule has 0 saturated heterocycles. The lowest BCUT2D eigenvalue weighted by Gasteiger charge is -2.06. The molecule has 0 spiro atoms. The van der Waals surface area contributed by atoms with Gasteiger partial charge in [-0.25, -0.2) is 4.68 Å². The number of carbonyl (C=O) groups is 1. The van der Waals surface area contributed by atoms with E-state index in [0.29, 0.717) is 27.7 Å². The second kappa shape index (κ2) is 9.48. The number of halogens is 3. The Morgan fingerprint density at radius 2 is 1.97 bits per heavy atom. The molecule has 0 aliphatic carbocycles. The summed E-state index contributed by atoms with van der Waals surface area (Å²) in [6.45, 7) is -2.76. The van der Waals surface area contributed by atoms with Crippen molar-refractivity contribution in [2.24, 2.45) is 0 Å². The Morgan fingerprint density at radius 3 is 2.72 bits per heavy atom. The Morgan fingerprint density at radius 1 is 1.16 bits per heavy atom. The highest BCUT2D eigenvalue weighted by Crippen LogP contribution is 2.23. The predicted molar refractivity (Wildman–Crippen MR) is 113 cm³/mol. The van der Waals surface area contributed by atoms with Gasteiger partial charge in [0.2, 0.25) is 0 Å². The summed E-state index contributed by atoms with van der Waals surface area (Å²) in [5, 5.41) is 14.1. The fraction of sp³-hybridized carbons (Fsp3) is 0.0952.